The van der Waals surface area contributed by atoms with E-state index in [-0.39, 0.29) is 11.4 Å². The molecule has 0 spiro atoms. The molecule has 3 rings (SSSR count). The number of halogens is 1. The van der Waals surface area contributed by atoms with Crippen molar-refractivity contribution in [1.82, 2.24) is 30.0 Å². The molecule has 0 aliphatic carbocycles. The zero-order valence-electron chi connectivity index (χ0n) is 10.8. The Labute approximate surface area is 131 Å². The highest BCUT2D eigenvalue weighted by Gasteiger charge is 2.49. The molecule has 3 heterocycles. The average molecular weight is 389 g/mol. The third-order valence-electron chi connectivity index (χ3n) is 3.19. The molecule has 10 nitrogen and oxygen atoms in total. The molecule has 0 radical (unpaired) electrons. The number of nitrogens with zero attached hydrogens (tertiary/aromatic N) is 5. The van der Waals surface area contributed by atoms with E-state index in [0.29, 0.717) is 10.1 Å². The predicted octanol–water partition coefficient (Wildman–Crippen LogP) is 0.175. The SMILES string of the molecule is O=P(O)(O)C(O)(Cc1nn[nH]n1)c1cn2ccnc2cc1Br. The van der Waals surface area contributed by atoms with Crippen LogP contribution in [0, 0.1) is 0 Å². The minimum absolute atomic E-state index is 0.00358. The maximum Gasteiger partial charge on any atom is 0.361 e. The van der Waals surface area contributed by atoms with Gasteiger partial charge in [0.05, 0.1) is 6.42 Å². The Bertz CT molecular complexity index is 862. The molecule has 4 N–H and O–H groups in total. The Morgan fingerprint density at radius 3 is 2.86 bits per heavy atom. The molecule has 0 bridgehead atoms. The number of imidazole rings is 1. The van der Waals surface area contributed by atoms with Crippen LogP contribution in [0.5, 0.6) is 0 Å². The van der Waals surface area contributed by atoms with Crippen molar-refractivity contribution in [2.24, 2.45) is 0 Å². The maximum absolute atomic E-state index is 11.9. The second kappa shape index (κ2) is 5.21. The summed E-state index contributed by atoms with van der Waals surface area (Å²) in [5.74, 6) is -0.0246. The van der Waals surface area contributed by atoms with Gasteiger partial charge in [-0.2, -0.15) is 5.21 Å². The molecule has 22 heavy (non-hydrogen) atoms. The minimum Gasteiger partial charge on any atom is -0.373 e. The van der Waals surface area contributed by atoms with Gasteiger partial charge in [-0.25, -0.2) is 4.98 Å². The summed E-state index contributed by atoms with van der Waals surface area (Å²) in [6.07, 6.45) is 4.01. The molecule has 0 aliphatic heterocycles. The Morgan fingerprint density at radius 2 is 2.23 bits per heavy atom. The predicted molar refractivity (Wildman–Crippen MR) is 76.7 cm³/mol. The lowest BCUT2D eigenvalue weighted by molar-refractivity contribution is 0.0865. The number of hydrogen-bond acceptors (Lipinski definition) is 6. The quantitative estimate of drug-likeness (QED) is 0.462. The van der Waals surface area contributed by atoms with Crippen LogP contribution in [0.4, 0.5) is 0 Å². The topological polar surface area (TPSA) is 150 Å². The number of rotatable bonds is 4. The monoisotopic (exact) mass is 388 g/mol. The summed E-state index contributed by atoms with van der Waals surface area (Å²) in [7, 11) is -4.97. The molecule has 116 valence electrons. The van der Waals surface area contributed by atoms with E-state index in [1.807, 2.05) is 0 Å². The number of fused-ring (bicyclic) bond motifs is 1. The summed E-state index contributed by atoms with van der Waals surface area (Å²) in [6.45, 7) is 0. The summed E-state index contributed by atoms with van der Waals surface area (Å²) in [5, 5.41) is 21.0. The fourth-order valence-corrected chi connectivity index (χ4v) is 3.69. The molecule has 0 amide bonds. The Kier molecular flexibility index (Phi) is 3.62. The summed E-state index contributed by atoms with van der Waals surface area (Å²) in [6, 6.07) is 1.55. The molecule has 3 aromatic rings. The van der Waals surface area contributed by atoms with Gasteiger partial charge in [0.15, 0.2) is 5.82 Å². The van der Waals surface area contributed by atoms with Crippen molar-refractivity contribution in [3.63, 3.8) is 0 Å². The second-order valence-corrected chi connectivity index (χ2v) is 7.28. The molecule has 0 aliphatic rings. The largest absolute Gasteiger partial charge is 0.373 e. The summed E-state index contributed by atoms with van der Waals surface area (Å²) >= 11 is 3.21. The molecule has 0 aromatic carbocycles. The van der Waals surface area contributed by atoms with Gasteiger partial charge in [0.2, 0.25) is 5.34 Å². The van der Waals surface area contributed by atoms with E-state index in [4.69, 9.17) is 0 Å². The van der Waals surface area contributed by atoms with E-state index in [2.05, 4.69) is 41.5 Å². The molecule has 12 heteroatoms. The van der Waals surface area contributed by atoms with Crippen LogP contribution in [0.15, 0.2) is 29.1 Å². The van der Waals surface area contributed by atoms with E-state index >= 15 is 0 Å². The normalized spacial score (nSPS) is 15.1. The van der Waals surface area contributed by atoms with Crippen molar-refractivity contribution in [3.05, 3.63) is 40.5 Å². The number of hydrogen-bond donors (Lipinski definition) is 4. The molecule has 1 unspecified atom stereocenters. The standard InChI is InChI=1S/C10H10BrN6O4P/c11-7-3-9-12-1-2-17(9)5-6(7)10(18,22(19,20)21)4-8-13-15-16-14-8/h1-3,5,18H,4H2,(H2,19,20,21)(H,13,14,15,16). The van der Waals surface area contributed by atoms with Crippen molar-refractivity contribution >= 4 is 29.2 Å². The van der Waals surface area contributed by atoms with E-state index in [0.717, 1.165) is 0 Å². The van der Waals surface area contributed by atoms with Crippen molar-refractivity contribution in [3.8, 4) is 0 Å². The number of aliphatic hydroxyl groups is 1. The highest BCUT2D eigenvalue weighted by Crippen LogP contribution is 2.57. The number of aromatic amines is 1. The molecule has 0 fully saturated rings. The summed E-state index contributed by atoms with van der Waals surface area (Å²) in [5.41, 5.74) is 0.555. The van der Waals surface area contributed by atoms with Gasteiger partial charge < -0.3 is 19.3 Å². The smallest absolute Gasteiger partial charge is 0.361 e. The first-order chi connectivity index (χ1) is 10.3. The van der Waals surface area contributed by atoms with Crippen LogP contribution in [0.1, 0.15) is 11.4 Å². The second-order valence-electron chi connectivity index (χ2n) is 4.59. The van der Waals surface area contributed by atoms with Crippen LogP contribution in [0.2, 0.25) is 0 Å². The third-order valence-corrected chi connectivity index (χ3v) is 5.21. The maximum atomic E-state index is 11.9. The minimum atomic E-state index is -4.97. The number of H-pyrrole nitrogens is 1. The van der Waals surface area contributed by atoms with Gasteiger partial charge in [0, 0.05) is 28.6 Å². The number of tetrazole rings is 1. The van der Waals surface area contributed by atoms with Crippen molar-refractivity contribution in [2.45, 2.75) is 11.8 Å². The average Bonchev–Trinajstić information content (AvgIpc) is 3.06. The van der Waals surface area contributed by atoms with Gasteiger partial charge in [-0.1, -0.05) is 21.1 Å². The first kappa shape index (κ1) is 15.3. The third kappa shape index (κ3) is 2.46. The molecular weight excluding hydrogens is 379 g/mol. The van der Waals surface area contributed by atoms with Crippen molar-refractivity contribution in [2.75, 3.05) is 0 Å². The van der Waals surface area contributed by atoms with E-state index < -0.39 is 19.4 Å². The van der Waals surface area contributed by atoms with Crippen LogP contribution in [-0.2, 0) is 16.3 Å². The van der Waals surface area contributed by atoms with Gasteiger partial charge >= 0.3 is 7.60 Å². The van der Waals surface area contributed by atoms with E-state index in [9.17, 15) is 19.5 Å². The fraction of sp³-hybridized carbons (Fsp3) is 0.200. The van der Waals surface area contributed by atoms with E-state index in [1.54, 1.807) is 12.3 Å². The molecule has 0 saturated carbocycles. The molecule has 3 aromatic heterocycles. The lowest BCUT2D eigenvalue weighted by Crippen LogP contribution is -2.30. The van der Waals surface area contributed by atoms with Crippen molar-refractivity contribution < 1.29 is 19.5 Å². The van der Waals surface area contributed by atoms with Gasteiger partial charge in [-0.05, 0) is 6.07 Å². The first-order valence-electron chi connectivity index (χ1n) is 5.94. The van der Waals surface area contributed by atoms with Crippen LogP contribution in [0.3, 0.4) is 0 Å². The summed E-state index contributed by atoms with van der Waals surface area (Å²) in [4.78, 5) is 23.4. The lowest BCUT2D eigenvalue weighted by atomic mass is 10.1. The zero-order chi connectivity index (χ0) is 16.0. The molecular formula is C10H10BrN6O4P. The molecule has 1 atom stereocenters. The van der Waals surface area contributed by atoms with Crippen LogP contribution < -0.4 is 0 Å². The van der Waals surface area contributed by atoms with Gasteiger partial charge in [0.25, 0.3) is 0 Å². The molecule has 0 saturated heterocycles. The van der Waals surface area contributed by atoms with Gasteiger partial charge in [0.1, 0.15) is 5.65 Å². The van der Waals surface area contributed by atoms with Crippen LogP contribution in [0.25, 0.3) is 5.65 Å². The van der Waals surface area contributed by atoms with Crippen LogP contribution >= 0.6 is 23.5 Å². The fourth-order valence-electron chi connectivity index (χ4n) is 2.06. The van der Waals surface area contributed by atoms with Crippen molar-refractivity contribution in [1.29, 1.82) is 0 Å². The Hall–Kier alpha value is -1.65. The Balaban J connectivity index is 2.19. The van der Waals surface area contributed by atoms with Gasteiger partial charge in [-0.15, -0.1) is 10.2 Å². The first-order valence-corrected chi connectivity index (χ1v) is 8.35. The number of aromatic nitrogens is 6. The van der Waals surface area contributed by atoms with Gasteiger partial charge in [-0.3, -0.25) is 4.57 Å². The number of pyridine rings is 1. The zero-order valence-corrected chi connectivity index (χ0v) is 13.3. The highest BCUT2D eigenvalue weighted by molar-refractivity contribution is 9.10. The summed E-state index contributed by atoms with van der Waals surface area (Å²) < 4.78 is 13.8. The number of nitrogens with one attached hydrogen (secondary N) is 1. The van der Waals surface area contributed by atoms with Crippen LogP contribution in [-0.4, -0.2) is 44.9 Å². The highest BCUT2D eigenvalue weighted by atomic mass is 79.9. The Morgan fingerprint density at radius 1 is 1.45 bits per heavy atom. The lowest BCUT2D eigenvalue weighted by Gasteiger charge is -2.29. The van der Waals surface area contributed by atoms with E-state index in [1.165, 1.54) is 16.8 Å².